The van der Waals surface area contributed by atoms with Crippen LogP contribution in [-0.2, 0) is 11.4 Å². The van der Waals surface area contributed by atoms with E-state index in [9.17, 15) is 19.7 Å². The Labute approximate surface area is 160 Å². The molecule has 0 aliphatic carbocycles. The number of carbonyl (C=O) groups is 2. The molecular formula is C19H18N2O7. The Hall–Kier alpha value is -3.62. The van der Waals surface area contributed by atoms with E-state index < -0.39 is 28.5 Å². The predicted octanol–water partition coefficient (Wildman–Crippen LogP) is 2.48. The Morgan fingerprint density at radius 3 is 2.50 bits per heavy atom. The van der Waals surface area contributed by atoms with Crippen molar-refractivity contribution in [2.24, 2.45) is 0 Å². The van der Waals surface area contributed by atoms with Crippen molar-refractivity contribution >= 4 is 17.6 Å². The molecule has 0 spiro atoms. The molecule has 1 aliphatic rings. The third-order valence-corrected chi connectivity index (χ3v) is 4.51. The van der Waals surface area contributed by atoms with Crippen LogP contribution in [0.1, 0.15) is 22.3 Å². The normalized spacial score (nSPS) is 15.5. The van der Waals surface area contributed by atoms with Gasteiger partial charge in [0, 0.05) is 12.6 Å². The summed E-state index contributed by atoms with van der Waals surface area (Å²) in [7, 11) is 1.36. The maximum absolute atomic E-state index is 12.7. The van der Waals surface area contributed by atoms with E-state index in [1.807, 2.05) is 30.3 Å². The van der Waals surface area contributed by atoms with Crippen molar-refractivity contribution in [1.29, 1.82) is 0 Å². The highest BCUT2D eigenvalue weighted by Crippen LogP contribution is 2.37. The lowest BCUT2D eigenvalue weighted by Crippen LogP contribution is -2.55. The van der Waals surface area contributed by atoms with Crippen molar-refractivity contribution in [3.63, 3.8) is 0 Å². The Kier molecular flexibility index (Phi) is 5.44. The summed E-state index contributed by atoms with van der Waals surface area (Å²) in [5.74, 6) is -1.60. The molecule has 0 saturated carbocycles. The van der Waals surface area contributed by atoms with Gasteiger partial charge in [0.1, 0.15) is 18.2 Å². The molecular weight excluding hydrogens is 368 g/mol. The summed E-state index contributed by atoms with van der Waals surface area (Å²) in [4.78, 5) is 35.8. The lowest BCUT2D eigenvalue weighted by Gasteiger charge is -2.37. The summed E-state index contributed by atoms with van der Waals surface area (Å²) in [5.41, 5.74) is 0.155. The van der Waals surface area contributed by atoms with Crippen LogP contribution in [0, 0.1) is 10.1 Å². The first-order valence-electron chi connectivity index (χ1n) is 8.49. The zero-order chi connectivity index (χ0) is 20.3. The number of ether oxygens (including phenoxy) is 2. The van der Waals surface area contributed by atoms with E-state index in [1.165, 1.54) is 13.2 Å². The number of benzene rings is 2. The second kappa shape index (κ2) is 7.95. The summed E-state index contributed by atoms with van der Waals surface area (Å²) in [6, 6.07) is 10.6. The van der Waals surface area contributed by atoms with Crippen LogP contribution in [0.5, 0.6) is 11.5 Å². The number of carboxylic acid groups (broad SMARTS) is 1. The fourth-order valence-corrected chi connectivity index (χ4v) is 2.92. The smallest absolute Gasteiger partial charge is 0.326 e. The number of carbonyl (C=O) groups excluding carboxylic acids is 1. The van der Waals surface area contributed by atoms with Crippen LogP contribution in [0.15, 0.2) is 42.5 Å². The van der Waals surface area contributed by atoms with Crippen molar-refractivity contribution < 1.29 is 29.1 Å². The summed E-state index contributed by atoms with van der Waals surface area (Å²) < 4.78 is 10.9. The summed E-state index contributed by atoms with van der Waals surface area (Å²) in [6.07, 6.45) is 0.310. The summed E-state index contributed by atoms with van der Waals surface area (Å²) >= 11 is 0. The second-order valence-electron chi connectivity index (χ2n) is 6.19. The fraction of sp³-hybridized carbons (Fsp3) is 0.263. The van der Waals surface area contributed by atoms with Crippen molar-refractivity contribution in [3.05, 3.63) is 63.7 Å². The molecule has 1 saturated heterocycles. The molecule has 146 valence electrons. The third kappa shape index (κ3) is 3.73. The van der Waals surface area contributed by atoms with Gasteiger partial charge in [-0.25, -0.2) is 4.79 Å². The predicted molar refractivity (Wildman–Crippen MR) is 97.5 cm³/mol. The second-order valence-corrected chi connectivity index (χ2v) is 6.19. The highest BCUT2D eigenvalue weighted by Gasteiger charge is 2.40. The molecule has 28 heavy (non-hydrogen) atoms. The Balaban J connectivity index is 1.92. The quantitative estimate of drug-likeness (QED) is 0.573. The number of carboxylic acids is 1. The van der Waals surface area contributed by atoms with Crippen molar-refractivity contribution in [1.82, 2.24) is 4.90 Å². The summed E-state index contributed by atoms with van der Waals surface area (Å²) in [5, 5.41) is 20.6. The van der Waals surface area contributed by atoms with Crippen LogP contribution < -0.4 is 9.47 Å². The first-order chi connectivity index (χ1) is 13.4. The van der Waals surface area contributed by atoms with E-state index in [0.717, 1.165) is 16.5 Å². The van der Waals surface area contributed by atoms with Crippen LogP contribution in [0.3, 0.4) is 0 Å². The van der Waals surface area contributed by atoms with Crippen LogP contribution in [0.2, 0.25) is 0 Å². The number of methoxy groups -OCH3 is 1. The maximum Gasteiger partial charge on any atom is 0.326 e. The van der Waals surface area contributed by atoms with Crippen LogP contribution >= 0.6 is 0 Å². The molecule has 1 N–H and O–H groups in total. The van der Waals surface area contributed by atoms with E-state index >= 15 is 0 Å². The van der Waals surface area contributed by atoms with Gasteiger partial charge in [-0.3, -0.25) is 14.9 Å². The van der Waals surface area contributed by atoms with Gasteiger partial charge in [0.2, 0.25) is 0 Å². The average molecular weight is 386 g/mol. The number of rotatable bonds is 7. The van der Waals surface area contributed by atoms with Gasteiger partial charge in [-0.1, -0.05) is 30.3 Å². The monoisotopic (exact) mass is 386 g/mol. The van der Waals surface area contributed by atoms with Gasteiger partial charge >= 0.3 is 5.97 Å². The van der Waals surface area contributed by atoms with Gasteiger partial charge < -0.3 is 19.5 Å². The highest BCUT2D eigenvalue weighted by molar-refractivity contribution is 6.01. The number of hydrogen-bond donors (Lipinski definition) is 1. The molecule has 3 rings (SSSR count). The number of amides is 1. The Morgan fingerprint density at radius 1 is 1.25 bits per heavy atom. The molecule has 1 aliphatic heterocycles. The minimum absolute atomic E-state index is 0.119. The van der Waals surface area contributed by atoms with Crippen LogP contribution in [-0.4, -0.2) is 46.5 Å². The zero-order valence-electron chi connectivity index (χ0n) is 15.0. The molecule has 2 aromatic rings. The van der Waals surface area contributed by atoms with Gasteiger partial charge in [-0.2, -0.15) is 0 Å². The third-order valence-electron chi connectivity index (χ3n) is 4.51. The Morgan fingerprint density at radius 2 is 1.96 bits per heavy atom. The summed E-state index contributed by atoms with van der Waals surface area (Å²) in [6.45, 7) is 0.385. The maximum atomic E-state index is 12.7. The standard InChI is InChI=1S/C19H18N2O7/c1-27-16-9-13(18(22)20-8-7-14(20)19(23)24)15(21(25)26)10-17(16)28-11-12-5-3-2-4-6-12/h2-6,9-10,14H,7-8,11H2,1H3,(H,23,24)/t14-/m0/s1. The van der Waals surface area contributed by atoms with Gasteiger partial charge in [-0.05, 0) is 12.0 Å². The van der Waals surface area contributed by atoms with E-state index in [1.54, 1.807) is 0 Å². The van der Waals surface area contributed by atoms with E-state index in [4.69, 9.17) is 14.6 Å². The molecule has 0 aromatic heterocycles. The highest BCUT2D eigenvalue weighted by atomic mass is 16.6. The average Bonchev–Trinajstić information content (AvgIpc) is 2.64. The first-order valence-corrected chi connectivity index (χ1v) is 8.49. The SMILES string of the molecule is COc1cc(C(=O)N2CC[C@H]2C(=O)O)c([N+](=O)[O-])cc1OCc1ccccc1. The van der Waals surface area contributed by atoms with E-state index in [-0.39, 0.29) is 30.2 Å². The van der Waals surface area contributed by atoms with E-state index in [0.29, 0.717) is 6.42 Å². The molecule has 0 unspecified atom stereocenters. The largest absolute Gasteiger partial charge is 0.493 e. The zero-order valence-corrected chi connectivity index (χ0v) is 15.0. The van der Waals surface area contributed by atoms with Gasteiger partial charge in [0.15, 0.2) is 11.5 Å². The number of aliphatic carboxylic acids is 1. The lowest BCUT2D eigenvalue weighted by molar-refractivity contribution is -0.385. The van der Waals surface area contributed by atoms with Crippen LogP contribution in [0.4, 0.5) is 5.69 Å². The van der Waals surface area contributed by atoms with Crippen molar-refractivity contribution in [2.45, 2.75) is 19.1 Å². The van der Waals surface area contributed by atoms with Gasteiger partial charge in [0.05, 0.1) is 18.1 Å². The molecule has 0 bridgehead atoms. The number of nitrogens with zero attached hydrogens (tertiary/aromatic N) is 2. The molecule has 1 fully saturated rings. The Bertz CT molecular complexity index is 914. The van der Waals surface area contributed by atoms with Crippen molar-refractivity contribution in [3.8, 4) is 11.5 Å². The van der Waals surface area contributed by atoms with Gasteiger partial charge in [-0.15, -0.1) is 0 Å². The molecule has 9 heteroatoms. The number of likely N-dealkylation sites (tertiary alicyclic amines) is 1. The molecule has 9 nitrogen and oxygen atoms in total. The number of nitro benzene ring substituents is 1. The molecule has 2 aromatic carbocycles. The number of nitro groups is 1. The fourth-order valence-electron chi connectivity index (χ4n) is 2.92. The minimum atomic E-state index is -1.14. The van der Waals surface area contributed by atoms with Gasteiger partial charge in [0.25, 0.3) is 11.6 Å². The minimum Gasteiger partial charge on any atom is -0.493 e. The number of hydrogen-bond acceptors (Lipinski definition) is 6. The molecule has 0 radical (unpaired) electrons. The van der Waals surface area contributed by atoms with Crippen molar-refractivity contribution in [2.75, 3.05) is 13.7 Å². The topological polar surface area (TPSA) is 119 Å². The molecule has 1 amide bonds. The first kappa shape index (κ1) is 19.2. The molecule has 1 atom stereocenters. The van der Waals surface area contributed by atoms with Crippen LogP contribution in [0.25, 0.3) is 0 Å². The lowest BCUT2D eigenvalue weighted by atomic mass is 10.0. The molecule has 1 heterocycles. The van der Waals surface area contributed by atoms with E-state index in [2.05, 4.69) is 0 Å².